The molecule has 2 bridgehead atoms. The molecule has 1 heterocycles. The van der Waals surface area contributed by atoms with Crippen LogP contribution in [0.2, 0.25) is 0 Å². The van der Waals surface area contributed by atoms with E-state index in [1.54, 1.807) is 6.21 Å². The van der Waals surface area contributed by atoms with E-state index >= 15 is 0 Å². The number of halogens is 2. The third-order valence-corrected chi connectivity index (χ3v) is 8.64. The van der Waals surface area contributed by atoms with Gasteiger partial charge in [0.05, 0.1) is 25.2 Å². The van der Waals surface area contributed by atoms with Crippen molar-refractivity contribution in [3.8, 4) is 5.75 Å². The monoisotopic (exact) mass is 674 g/mol. The second kappa shape index (κ2) is 8.75. The zero-order chi connectivity index (χ0) is 23.4. The van der Waals surface area contributed by atoms with Crippen LogP contribution in [0.25, 0.3) is 10.8 Å². The SMILES string of the molecule is O=C1[C@@H]2[C@H](C(=O)N1/N=C\c1cc(I)c(OCc3cccc4ccccc34)c(I)c1)[C@H]1C=C[C@H]2C1. The van der Waals surface area contributed by atoms with Crippen LogP contribution < -0.4 is 4.74 Å². The van der Waals surface area contributed by atoms with Gasteiger partial charge in [-0.2, -0.15) is 10.1 Å². The summed E-state index contributed by atoms with van der Waals surface area (Å²) >= 11 is 4.51. The molecule has 34 heavy (non-hydrogen) atoms. The first-order valence-corrected chi connectivity index (χ1v) is 13.4. The highest BCUT2D eigenvalue weighted by atomic mass is 127. The van der Waals surface area contributed by atoms with E-state index in [-0.39, 0.29) is 35.5 Å². The lowest BCUT2D eigenvalue weighted by atomic mass is 9.85. The standard InChI is InChI=1S/C27H20I2N2O3/c28-21-10-15(13-30-31-26(32)23-17-8-9-18(12-17)24(23)27(31)33)11-22(29)25(21)34-14-19-6-3-5-16-4-1-2-7-20(16)19/h1-11,13,17-18,23-24H,12,14H2/b30-13-/t17-,18-,23-,24+/m0/s1. The largest absolute Gasteiger partial charge is 0.487 e. The summed E-state index contributed by atoms with van der Waals surface area (Å²) in [6.07, 6.45) is 6.70. The topological polar surface area (TPSA) is 59.0 Å². The fourth-order valence-corrected chi connectivity index (χ4v) is 7.61. The molecule has 3 aromatic carbocycles. The fraction of sp³-hybridized carbons (Fsp3) is 0.222. The summed E-state index contributed by atoms with van der Waals surface area (Å²) in [5.74, 6) is 0.398. The van der Waals surface area contributed by atoms with Crippen LogP contribution in [0.1, 0.15) is 17.5 Å². The van der Waals surface area contributed by atoms with Crippen LogP contribution in [-0.2, 0) is 16.2 Å². The summed E-state index contributed by atoms with van der Waals surface area (Å²) in [6, 6.07) is 18.4. The van der Waals surface area contributed by atoms with Crippen molar-refractivity contribution >= 4 is 74.0 Å². The van der Waals surface area contributed by atoms with Crippen molar-refractivity contribution in [1.82, 2.24) is 5.01 Å². The van der Waals surface area contributed by atoms with Gasteiger partial charge in [-0.25, -0.2) is 0 Å². The van der Waals surface area contributed by atoms with Crippen molar-refractivity contribution in [2.75, 3.05) is 0 Å². The number of allylic oxidation sites excluding steroid dienone is 2. The van der Waals surface area contributed by atoms with Crippen LogP contribution in [-0.4, -0.2) is 23.0 Å². The molecule has 0 aromatic heterocycles. The molecule has 5 nitrogen and oxygen atoms in total. The van der Waals surface area contributed by atoms with Crippen molar-refractivity contribution in [2.45, 2.75) is 13.0 Å². The van der Waals surface area contributed by atoms with E-state index in [4.69, 9.17) is 4.74 Å². The lowest BCUT2D eigenvalue weighted by Crippen LogP contribution is -2.28. The number of amides is 2. The number of carbonyl (C=O) groups excluding carboxylic acids is 2. The normalized spacial score (nSPS) is 25.2. The van der Waals surface area contributed by atoms with E-state index in [9.17, 15) is 9.59 Å². The van der Waals surface area contributed by atoms with Gasteiger partial charge in [-0.15, -0.1) is 0 Å². The third-order valence-electron chi connectivity index (χ3n) is 7.04. The summed E-state index contributed by atoms with van der Waals surface area (Å²) < 4.78 is 8.12. The van der Waals surface area contributed by atoms with Gasteiger partial charge in [-0.05, 0) is 97.5 Å². The number of hydrazone groups is 1. The van der Waals surface area contributed by atoms with Gasteiger partial charge in [0.1, 0.15) is 12.4 Å². The van der Waals surface area contributed by atoms with Crippen LogP contribution in [0.5, 0.6) is 5.75 Å². The molecule has 7 heteroatoms. The number of nitrogens with zero attached hydrogens (tertiary/aromatic N) is 2. The van der Waals surface area contributed by atoms with Gasteiger partial charge in [0.15, 0.2) is 0 Å². The van der Waals surface area contributed by atoms with Gasteiger partial charge in [-0.1, -0.05) is 54.6 Å². The molecule has 0 unspecified atom stereocenters. The maximum atomic E-state index is 12.8. The van der Waals surface area contributed by atoms with Gasteiger partial charge in [0, 0.05) is 0 Å². The average molecular weight is 674 g/mol. The number of ether oxygens (including phenoxy) is 1. The minimum absolute atomic E-state index is 0.164. The smallest absolute Gasteiger partial charge is 0.254 e. The van der Waals surface area contributed by atoms with Crippen LogP contribution >= 0.6 is 45.2 Å². The Morgan fingerprint density at radius 2 is 1.59 bits per heavy atom. The predicted octanol–water partition coefficient (Wildman–Crippen LogP) is 5.77. The Bertz CT molecular complexity index is 1340. The zero-order valence-corrected chi connectivity index (χ0v) is 22.3. The van der Waals surface area contributed by atoms with E-state index in [2.05, 4.69) is 86.7 Å². The van der Waals surface area contributed by atoms with Gasteiger partial charge < -0.3 is 4.74 Å². The Hall–Kier alpha value is -2.27. The maximum absolute atomic E-state index is 12.8. The second-order valence-electron chi connectivity index (χ2n) is 8.97. The molecule has 1 aliphatic heterocycles. The van der Waals surface area contributed by atoms with Crippen LogP contribution in [0, 0.1) is 30.8 Å². The van der Waals surface area contributed by atoms with Gasteiger partial charge in [0.2, 0.25) is 0 Å². The summed E-state index contributed by atoms with van der Waals surface area (Å²) in [7, 11) is 0. The molecule has 0 radical (unpaired) electrons. The minimum Gasteiger partial charge on any atom is -0.487 e. The van der Waals surface area contributed by atoms with Crippen molar-refractivity contribution in [3.63, 3.8) is 0 Å². The molecule has 2 aliphatic carbocycles. The molecule has 1 saturated heterocycles. The zero-order valence-electron chi connectivity index (χ0n) is 18.0. The molecule has 0 spiro atoms. The Balaban J connectivity index is 1.19. The quantitative estimate of drug-likeness (QED) is 0.150. The molecule has 3 aromatic rings. The van der Waals surface area contributed by atoms with E-state index in [1.807, 2.05) is 30.3 Å². The van der Waals surface area contributed by atoms with Gasteiger partial charge in [-0.3, -0.25) is 9.59 Å². The molecular weight excluding hydrogens is 654 g/mol. The average Bonchev–Trinajstić information content (AvgIpc) is 3.51. The molecule has 3 aliphatic rings. The molecule has 2 fully saturated rings. The Morgan fingerprint density at radius 1 is 0.941 bits per heavy atom. The molecule has 0 N–H and O–H groups in total. The molecule has 4 atom stereocenters. The van der Waals surface area contributed by atoms with Crippen molar-refractivity contribution in [1.29, 1.82) is 0 Å². The Morgan fingerprint density at radius 3 is 2.29 bits per heavy atom. The molecule has 6 rings (SSSR count). The number of imide groups is 1. The highest BCUT2D eigenvalue weighted by Gasteiger charge is 2.59. The number of rotatable bonds is 5. The first-order valence-electron chi connectivity index (χ1n) is 11.2. The Labute approximate surface area is 224 Å². The summed E-state index contributed by atoms with van der Waals surface area (Å²) in [6.45, 7) is 0.469. The maximum Gasteiger partial charge on any atom is 0.254 e. The Kier molecular flexibility index (Phi) is 5.71. The van der Waals surface area contributed by atoms with Crippen molar-refractivity contribution in [2.24, 2.45) is 28.8 Å². The third kappa shape index (κ3) is 3.67. The van der Waals surface area contributed by atoms with Crippen molar-refractivity contribution in [3.05, 3.63) is 85.0 Å². The molecule has 1 saturated carbocycles. The second-order valence-corrected chi connectivity index (χ2v) is 11.3. The van der Waals surface area contributed by atoms with Gasteiger partial charge >= 0.3 is 0 Å². The number of carbonyl (C=O) groups is 2. The van der Waals surface area contributed by atoms with Gasteiger partial charge in [0.25, 0.3) is 11.8 Å². The van der Waals surface area contributed by atoms with E-state index in [1.165, 1.54) is 10.8 Å². The number of benzene rings is 3. The molecule has 2 amide bonds. The minimum atomic E-state index is -0.232. The predicted molar refractivity (Wildman–Crippen MR) is 147 cm³/mol. The van der Waals surface area contributed by atoms with E-state index in [0.29, 0.717) is 6.61 Å². The highest BCUT2D eigenvalue weighted by molar-refractivity contribution is 14.1. The fourth-order valence-electron chi connectivity index (χ4n) is 5.48. The summed E-state index contributed by atoms with van der Waals surface area (Å²) in [5.41, 5.74) is 1.96. The first-order chi connectivity index (χ1) is 16.5. The van der Waals surface area contributed by atoms with E-state index < -0.39 is 0 Å². The van der Waals surface area contributed by atoms with Crippen LogP contribution in [0.15, 0.2) is 71.9 Å². The number of hydrogen-bond acceptors (Lipinski definition) is 4. The van der Waals surface area contributed by atoms with Crippen LogP contribution in [0.3, 0.4) is 0 Å². The first kappa shape index (κ1) is 22.2. The number of hydrogen-bond donors (Lipinski definition) is 0. The molecular formula is C27H20I2N2O3. The van der Waals surface area contributed by atoms with Crippen LogP contribution in [0.4, 0.5) is 0 Å². The van der Waals surface area contributed by atoms with E-state index in [0.717, 1.165) is 35.4 Å². The lowest BCUT2D eigenvalue weighted by Gasteiger charge is -2.13. The lowest BCUT2D eigenvalue weighted by molar-refractivity contribution is -0.140. The highest BCUT2D eigenvalue weighted by Crippen LogP contribution is 2.52. The molecule has 170 valence electrons. The van der Waals surface area contributed by atoms with Crippen molar-refractivity contribution < 1.29 is 14.3 Å². The summed E-state index contributed by atoms with van der Waals surface area (Å²) in [5, 5.41) is 7.78. The summed E-state index contributed by atoms with van der Waals surface area (Å²) in [4.78, 5) is 25.7. The number of fused-ring (bicyclic) bond motifs is 6.